The van der Waals surface area contributed by atoms with Crippen LogP contribution in [0.5, 0.6) is 0 Å². The number of aromatic nitrogens is 1. The van der Waals surface area contributed by atoms with Crippen LogP contribution in [0.1, 0.15) is 28.1 Å². The zero-order valence-corrected chi connectivity index (χ0v) is 15.0. The van der Waals surface area contributed by atoms with Crippen LogP contribution in [0.15, 0.2) is 34.7 Å². The van der Waals surface area contributed by atoms with Crippen molar-refractivity contribution in [1.82, 2.24) is 9.29 Å². The minimum Gasteiger partial charge on any atom is -0.457 e. The van der Waals surface area contributed by atoms with Crippen molar-refractivity contribution in [2.24, 2.45) is 0 Å². The molecular weight excluding hydrogens is 372 g/mol. The largest absolute Gasteiger partial charge is 0.457 e. The van der Waals surface area contributed by atoms with E-state index in [1.54, 1.807) is 17.5 Å². The number of halogens is 1. The Morgan fingerprint density at radius 2 is 2.04 bits per heavy atom. The maximum Gasteiger partial charge on any atom is 0.350 e. The third-order valence-electron chi connectivity index (χ3n) is 3.66. The Balaban J connectivity index is 1.74. The van der Waals surface area contributed by atoms with E-state index in [9.17, 15) is 13.2 Å². The van der Waals surface area contributed by atoms with Gasteiger partial charge in [0.05, 0.1) is 0 Å². The number of thiophene rings is 1. The molecule has 0 atom stereocenters. The molecule has 1 saturated heterocycles. The third-order valence-corrected chi connectivity index (χ3v) is 6.84. The number of carbonyl (C=O) groups excluding carboxylic acids is 1. The second kappa shape index (κ2) is 7.18. The predicted octanol–water partition coefficient (Wildman–Crippen LogP) is 2.94. The lowest BCUT2D eigenvalue weighted by atomic mass is 10.3. The molecule has 0 amide bonds. The van der Waals surface area contributed by atoms with Gasteiger partial charge in [-0.05, 0) is 30.4 Å². The van der Waals surface area contributed by atoms with E-state index in [2.05, 4.69) is 4.98 Å². The predicted molar refractivity (Wildman–Crippen MR) is 90.7 cm³/mol. The molecule has 3 heterocycles. The van der Waals surface area contributed by atoms with E-state index in [1.165, 1.54) is 16.6 Å². The zero-order chi connectivity index (χ0) is 17.2. The van der Waals surface area contributed by atoms with Gasteiger partial charge in [0, 0.05) is 24.8 Å². The summed E-state index contributed by atoms with van der Waals surface area (Å²) in [4.78, 5) is 16.3. The molecule has 1 fully saturated rings. The normalized spacial score (nSPS) is 15.5. The minimum absolute atomic E-state index is 0.00407. The summed E-state index contributed by atoms with van der Waals surface area (Å²) in [6, 6.07) is 4.75. The molecule has 0 saturated carbocycles. The molecular formula is C15H15ClN2O4S2. The molecule has 2 aromatic heterocycles. The van der Waals surface area contributed by atoms with Crippen LogP contribution in [-0.4, -0.2) is 36.8 Å². The Morgan fingerprint density at radius 1 is 1.29 bits per heavy atom. The molecule has 128 valence electrons. The maximum atomic E-state index is 12.6. The lowest BCUT2D eigenvalue weighted by Gasteiger charge is -2.15. The molecule has 0 aliphatic carbocycles. The number of hydrogen-bond acceptors (Lipinski definition) is 6. The van der Waals surface area contributed by atoms with E-state index in [4.69, 9.17) is 16.3 Å². The number of rotatable bonds is 5. The number of hydrogen-bond donors (Lipinski definition) is 0. The summed E-state index contributed by atoms with van der Waals surface area (Å²) in [7, 11) is -3.65. The highest BCUT2D eigenvalue weighted by Crippen LogP contribution is 2.28. The van der Waals surface area contributed by atoms with E-state index in [1.807, 2.05) is 0 Å². The Hall–Kier alpha value is -1.48. The SMILES string of the molecule is O=C(OCc1ccc(Cl)nc1)c1sccc1S(=O)(=O)N1CCCC1. The van der Waals surface area contributed by atoms with E-state index in [0.29, 0.717) is 23.8 Å². The maximum absolute atomic E-state index is 12.6. The molecule has 2 aromatic rings. The number of nitrogens with zero attached hydrogens (tertiary/aromatic N) is 2. The van der Waals surface area contributed by atoms with Crippen molar-refractivity contribution < 1.29 is 17.9 Å². The smallest absolute Gasteiger partial charge is 0.350 e. The molecule has 0 radical (unpaired) electrons. The van der Waals surface area contributed by atoms with Crippen LogP contribution in [0, 0.1) is 0 Å². The number of sulfonamides is 1. The number of pyridine rings is 1. The van der Waals surface area contributed by atoms with Gasteiger partial charge in [0.2, 0.25) is 10.0 Å². The summed E-state index contributed by atoms with van der Waals surface area (Å²) in [5.74, 6) is -0.655. The van der Waals surface area contributed by atoms with Gasteiger partial charge in [-0.25, -0.2) is 18.2 Å². The van der Waals surface area contributed by atoms with Crippen LogP contribution in [0.4, 0.5) is 0 Å². The van der Waals surface area contributed by atoms with Gasteiger partial charge in [0.1, 0.15) is 21.5 Å². The Kier molecular flexibility index (Phi) is 5.19. The zero-order valence-electron chi connectivity index (χ0n) is 12.6. The fraction of sp³-hybridized carbons (Fsp3) is 0.333. The van der Waals surface area contributed by atoms with E-state index in [-0.39, 0.29) is 16.4 Å². The van der Waals surface area contributed by atoms with Gasteiger partial charge in [-0.3, -0.25) is 0 Å². The molecule has 6 nitrogen and oxygen atoms in total. The Morgan fingerprint density at radius 3 is 2.71 bits per heavy atom. The summed E-state index contributed by atoms with van der Waals surface area (Å²) >= 11 is 6.76. The minimum atomic E-state index is -3.65. The van der Waals surface area contributed by atoms with Crippen molar-refractivity contribution in [3.8, 4) is 0 Å². The Labute approximate surface area is 149 Å². The molecule has 0 N–H and O–H groups in total. The molecule has 0 unspecified atom stereocenters. The van der Waals surface area contributed by atoms with Crippen LogP contribution in [0.2, 0.25) is 5.15 Å². The molecule has 3 rings (SSSR count). The van der Waals surface area contributed by atoms with Crippen LogP contribution in [-0.2, 0) is 21.4 Å². The van der Waals surface area contributed by atoms with Crippen molar-refractivity contribution in [3.05, 3.63) is 45.4 Å². The van der Waals surface area contributed by atoms with Crippen LogP contribution < -0.4 is 0 Å². The molecule has 1 aliphatic heterocycles. The van der Waals surface area contributed by atoms with Gasteiger partial charge in [0.25, 0.3) is 0 Å². The first-order chi connectivity index (χ1) is 11.5. The second-order valence-corrected chi connectivity index (χ2v) is 8.50. The van der Waals surface area contributed by atoms with E-state index < -0.39 is 16.0 Å². The summed E-state index contributed by atoms with van der Waals surface area (Å²) in [6.07, 6.45) is 3.19. The molecule has 24 heavy (non-hydrogen) atoms. The van der Waals surface area contributed by atoms with Crippen LogP contribution >= 0.6 is 22.9 Å². The lowest BCUT2D eigenvalue weighted by molar-refractivity contribution is 0.0474. The topological polar surface area (TPSA) is 76.6 Å². The molecule has 9 heteroatoms. The van der Waals surface area contributed by atoms with Crippen molar-refractivity contribution in [2.75, 3.05) is 13.1 Å². The van der Waals surface area contributed by atoms with Crippen molar-refractivity contribution in [3.63, 3.8) is 0 Å². The fourth-order valence-electron chi connectivity index (χ4n) is 2.42. The molecule has 0 spiro atoms. The quantitative estimate of drug-likeness (QED) is 0.583. The second-order valence-electron chi connectivity index (χ2n) is 5.29. The van der Waals surface area contributed by atoms with E-state index in [0.717, 1.165) is 24.2 Å². The third kappa shape index (κ3) is 3.61. The highest BCUT2D eigenvalue weighted by molar-refractivity contribution is 7.89. The molecule has 0 bridgehead atoms. The number of ether oxygens (including phenoxy) is 1. The average Bonchev–Trinajstić information content (AvgIpc) is 3.25. The average molecular weight is 387 g/mol. The fourth-order valence-corrected chi connectivity index (χ4v) is 5.34. The first-order valence-corrected chi connectivity index (χ1v) is 10.0. The van der Waals surface area contributed by atoms with E-state index >= 15 is 0 Å². The van der Waals surface area contributed by atoms with Gasteiger partial charge in [-0.2, -0.15) is 4.31 Å². The standard InChI is InChI=1S/C15H15ClN2O4S2/c16-13-4-3-11(9-17-13)10-22-15(19)14-12(5-8-23-14)24(20,21)18-6-1-2-7-18/h3-5,8-9H,1-2,6-7,10H2. The summed E-state index contributed by atoms with van der Waals surface area (Å²) in [5.41, 5.74) is 0.674. The molecule has 0 aromatic carbocycles. The molecule has 1 aliphatic rings. The van der Waals surface area contributed by atoms with Gasteiger partial charge in [-0.1, -0.05) is 17.7 Å². The van der Waals surface area contributed by atoms with Crippen molar-refractivity contribution in [2.45, 2.75) is 24.3 Å². The first kappa shape index (κ1) is 17.3. The van der Waals surface area contributed by atoms with Gasteiger partial charge in [0.15, 0.2) is 0 Å². The van der Waals surface area contributed by atoms with Crippen LogP contribution in [0.25, 0.3) is 0 Å². The lowest BCUT2D eigenvalue weighted by Crippen LogP contribution is -2.28. The van der Waals surface area contributed by atoms with Gasteiger partial charge >= 0.3 is 5.97 Å². The summed E-state index contributed by atoms with van der Waals surface area (Å²) < 4.78 is 31.9. The van der Waals surface area contributed by atoms with Gasteiger partial charge < -0.3 is 4.74 Å². The van der Waals surface area contributed by atoms with Crippen molar-refractivity contribution in [1.29, 1.82) is 0 Å². The number of carbonyl (C=O) groups is 1. The Bertz CT molecular complexity index is 827. The first-order valence-electron chi connectivity index (χ1n) is 7.33. The summed E-state index contributed by atoms with van der Waals surface area (Å²) in [5, 5.41) is 1.94. The monoisotopic (exact) mass is 386 g/mol. The van der Waals surface area contributed by atoms with Crippen molar-refractivity contribution >= 4 is 38.9 Å². The number of esters is 1. The summed E-state index contributed by atoms with van der Waals surface area (Å²) in [6.45, 7) is 0.982. The highest BCUT2D eigenvalue weighted by Gasteiger charge is 2.32. The highest BCUT2D eigenvalue weighted by atomic mass is 35.5. The van der Waals surface area contributed by atoms with Gasteiger partial charge in [-0.15, -0.1) is 11.3 Å². The van der Waals surface area contributed by atoms with Crippen LogP contribution in [0.3, 0.4) is 0 Å².